The molecule has 2 aromatic heterocycles. The Kier molecular flexibility index (Phi) is 2.47. The van der Waals surface area contributed by atoms with E-state index in [1.54, 1.807) is 6.92 Å². The number of H-pyrrole nitrogens is 1. The summed E-state index contributed by atoms with van der Waals surface area (Å²) < 4.78 is 0.952. The third-order valence-electron chi connectivity index (χ3n) is 2.35. The van der Waals surface area contributed by atoms with E-state index in [4.69, 9.17) is 0 Å². The van der Waals surface area contributed by atoms with Gasteiger partial charge in [-0.3, -0.25) is 24.5 Å². The molecule has 0 spiro atoms. The van der Waals surface area contributed by atoms with Crippen LogP contribution in [0.4, 0.5) is 5.69 Å². The first-order chi connectivity index (χ1) is 8.04. The Bertz CT molecular complexity index is 715. The van der Waals surface area contributed by atoms with Crippen LogP contribution in [0.5, 0.6) is 0 Å². The highest BCUT2D eigenvalue weighted by Gasteiger charge is 2.12. The van der Waals surface area contributed by atoms with Crippen LogP contribution in [-0.2, 0) is 6.54 Å². The maximum atomic E-state index is 11.8. The molecule has 0 aliphatic heterocycles. The van der Waals surface area contributed by atoms with E-state index in [1.807, 2.05) is 0 Å². The van der Waals surface area contributed by atoms with Crippen molar-refractivity contribution < 1.29 is 4.92 Å². The Labute approximate surface area is 93.7 Å². The number of nitrogens with one attached hydrogen (secondary N) is 1. The smallest absolute Gasteiger partial charge is 0.291 e. The molecule has 0 atom stereocenters. The van der Waals surface area contributed by atoms with Crippen molar-refractivity contribution in [2.45, 2.75) is 13.5 Å². The summed E-state index contributed by atoms with van der Waals surface area (Å²) in [6.45, 7) is 1.82. The highest BCUT2D eigenvalue weighted by molar-refractivity contribution is 5.75. The van der Waals surface area contributed by atoms with Gasteiger partial charge in [-0.15, -0.1) is 0 Å². The van der Waals surface area contributed by atoms with E-state index < -0.39 is 16.2 Å². The maximum absolute atomic E-state index is 11.8. The van der Waals surface area contributed by atoms with Crippen molar-refractivity contribution in [2.75, 3.05) is 0 Å². The molecule has 0 bridgehead atoms. The van der Waals surface area contributed by atoms with Crippen molar-refractivity contribution in [3.63, 3.8) is 0 Å². The van der Waals surface area contributed by atoms with Crippen LogP contribution in [-0.4, -0.2) is 19.5 Å². The number of hydrogen-bond donors (Lipinski definition) is 1. The largest absolute Gasteiger partial charge is 0.329 e. The third-order valence-corrected chi connectivity index (χ3v) is 2.35. The Morgan fingerprint density at radius 1 is 1.53 bits per heavy atom. The summed E-state index contributed by atoms with van der Waals surface area (Å²) in [6, 6.07) is 1.10. The van der Waals surface area contributed by atoms with Crippen molar-refractivity contribution in [2.24, 2.45) is 0 Å². The molecule has 0 aromatic carbocycles. The first kappa shape index (κ1) is 11.0. The van der Waals surface area contributed by atoms with Gasteiger partial charge in [0.2, 0.25) is 0 Å². The van der Waals surface area contributed by atoms with Crippen LogP contribution in [0.15, 0.2) is 21.9 Å². The fraction of sp³-hybridized carbons (Fsp3) is 0.222. The molecule has 0 fully saturated rings. The molecule has 8 nitrogen and oxygen atoms in total. The molecule has 0 unspecified atom stereocenters. The summed E-state index contributed by atoms with van der Waals surface area (Å²) >= 11 is 0. The molecule has 17 heavy (non-hydrogen) atoms. The van der Waals surface area contributed by atoms with Gasteiger partial charge >= 0.3 is 5.69 Å². The molecular weight excluding hydrogens is 228 g/mol. The molecule has 0 saturated carbocycles. The van der Waals surface area contributed by atoms with E-state index in [0.717, 1.165) is 16.8 Å². The second-order valence-electron chi connectivity index (χ2n) is 3.33. The average molecular weight is 236 g/mol. The summed E-state index contributed by atoms with van der Waals surface area (Å²) in [5, 5.41) is 10.6. The van der Waals surface area contributed by atoms with E-state index in [1.165, 1.54) is 0 Å². The van der Waals surface area contributed by atoms with Gasteiger partial charge in [-0.1, -0.05) is 0 Å². The van der Waals surface area contributed by atoms with Crippen molar-refractivity contribution in [3.05, 3.63) is 43.2 Å². The van der Waals surface area contributed by atoms with E-state index in [2.05, 4.69) is 9.97 Å². The molecule has 88 valence electrons. The number of pyridine rings is 1. The standard InChI is InChI=1S/C9H8N4O4/c1-2-12-8(14)6-3-5(13(16)17)4-10-7(6)11-9(12)15/h3-4H,2H2,1H3,(H,10,11,15). The number of hydrogen-bond acceptors (Lipinski definition) is 5. The minimum Gasteiger partial charge on any atom is -0.291 e. The highest BCUT2D eigenvalue weighted by atomic mass is 16.6. The lowest BCUT2D eigenvalue weighted by Gasteiger charge is -2.01. The number of rotatable bonds is 2. The fourth-order valence-corrected chi connectivity index (χ4v) is 1.51. The maximum Gasteiger partial charge on any atom is 0.329 e. The number of fused-ring (bicyclic) bond motifs is 1. The second kappa shape index (κ2) is 3.81. The van der Waals surface area contributed by atoms with Crippen LogP contribution < -0.4 is 11.2 Å². The van der Waals surface area contributed by atoms with Crippen LogP contribution in [0.2, 0.25) is 0 Å². The monoisotopic (exact) mass is 236 g/mol. The second-order valence-corrected chi connectivity index (χ2v) is 3.33. The molecule has 0 radical (unpaired) electrons. The molecule has 2 rings (SSSR count). The van der Waals surface area contributed by atoms with Gasteiger partial charge in [-0.2, -0.15) is 0 Å². The predicted molar refractivity (Wildman–Crippen MR) is 59.0 cm³/mol. The lowest BCUT2D eigenvalue weighted by Crippen LogP contribution is -2.34. The van der Waals surface area contributed by atoms with Crippen molar-refractivity contribution in [1.29, 1.82) is 0 Å². The van der Waals surface area contributed by atoms with Crippen LogP contribution >= 0.6 is 0 Å². The molecule has 0 saturated heterocycles. The van der Waals surface area contributed by atoms with E-state index >= 15 is 0 Å². The molecular formula is C9H8N4O4. The highest BCUT2D eigenvalue weighted by Crippen LogP contribution is 2.12. The topological polar surface area (TPSA) is 111 Å². The minimum absolute atomic E-state index is 0.0284. The number of nitrogens with zero attached hydrogens (tertiary/aromatic N) is 3. The van der Waals surface area contributed by atoms with Crippen LogP contribution in [0.25, 0.3) is 11.0 Å². The van der Waals surface area contributed by atoms with Gasteiger partial charge in [-0.05, 0) is 6.92 Å². The zero-order chi connectivity index (χ0) is 12.6. The number of aromatic amines is 1. The third kappa shape index (κ3) is 1.69. The quantitative estimate of drug-likeness (QED) is 0.583. The van der Waals surface area contributed by atoms with Crippen molar-refractivity contribution in [1.82, 2.24) is 14.5 Å². The Balaban J connectivity index is 2.90. The van der Waals surface area contributed by atoms with Crippen molar-refractivity contribution >= 4 is 16.7 Å². The van der Waals surface area contributed by atoms with Gasteiger partial charge in [0, 0.05) is 12.6 Å². The zero-order valence-corrected chi connectivity index (χ0v) is 8.84. The molecule has 2 aromatic rings. The van der Waals surface area contributed by atoms with E-state index in [-0.39, 0.29) is 23.3 Å². The number of aromatic nitrogens is 3. The summed E-state index contributed by atoms with van der Waals surface area (Å²) in [5.74, 6) is 0. The summed E-state index contributed by atoms with van der Waals surface area (Å²) in [6.07, 6.45) is 0.994. The van der Waals surface area contributed by atoms with Gasteiger partial charge in [0.15, 0.2) is 0 Å². The molecule has 2 heterocycles. The lowest BCUT2D eigenvalue weighted by molar-refractivity contribution is -0.385. The molecule has 1 N–H and O–H groups in total. The van der Waals surface area contributed by atoms with Crippen LogP contribution in [0.1, 0.15) is 6.92 Å². The van der Waals surface area contributed by atoms with E-state index in [9.17, 15) is 19.7 Å². The van der Waals surface area contributed by atoms with Gasteiger partial charge in [0.25, 0.3) is 11.2 Å². The zero-order valence-electron chi connectivity index (χ0n) is 8.84. The van der Waals surface area contributed by atoms with Gasteiger partial charge in [0.1, 0.15) is 11.8 Å². The SMILES string of the molecule is CCn1c(=O)[nH]c2ncc([N+](=O)[O-])cc2c1=O. The molecule has 0 aliphatic carbocycles. The normalized spacial score (nSPS) is 10.6. The van der Waals surface area contributed by atoms with Gasteiger partial charge < -0.3 is 0 Å². The summed E-state index contributed by atoms with van der Waals surface area (Å²) in [5.41, 5.74) is -1.39. The van der Waals surface area contributed by atoms with Crippen molar-refractivity contribution in [3.8, 4) is 0 Å². The first-order valence-electron chi connectivity index (χ1n) is 4.82. The van der Waals surface area contributed by atoms with E-state index in [0.29, 0.717) is 0 Å². The molecule has 0 aliphatic rings. The summed E-state index contributed by atoms with van der Waals surface area (Å²) in [7, 11) is 0. The van der Waals surface area contributed by atoms with Crippen LogP contribution in [0, 0.1) is 10.1 Å². The van der Waals surface area contributed by atoms with Crippen LogP contribution in [0.3, 0.4) is 0 Å². The molecule has 0 amide bonds. The first-order valence-corrected chi connectivity index (χ1v) is 4.82. The average Bonchev–Trinajstić information content (AvgIpc) is 2.29. The Hall–Kier alpha value is -2.51. The minimum atomic E-state index is -0.646. The number of nitro groups is 1. The van der Waals surface area contributed by atoms with Gasteiger partial charge in [0.05, 0.1) is 10.3 Å². The predicted octanol–water partition coefficient (Wildman–Crippen LogP) is 0.0129. The Morgan fingerprint density at radius 3 is 2.82 bits per heavy atom. The fourth-order valence-electron chi connectivity index (χ4n) is 1.51. The summed E-state index contributed by atoms with van der Waals surface area (Å²) in [4.78, 5) is 39.3. The Morgan fingerprint density at radius 2 is 2.24 bits per heavy atom. The van der Waals surface area contributed by atoms with Gasteiger partial charge in [-0.25, -0.2) is 9.78 Å². The lowest BCUT2D eigenvalue weighted by atomic mass is 10.3. The molecule has 8 heteroatoms.